The van der Waals surface area contributed by atoms with E-state index in [-0.39, 0.29) is 0 Å². The van der Waals surface area contributed by atoms with Gasteiger partial charge in [0.1, 0.15) is 0 Å². The molecule has 0 aliphatic heterocycles. The summed E-state index contributed by atoms with van der Waals surface area (Å²) in [5.74, 6) is 3.43. The minimum absolute atomic E-state index is 0.597. The molecule has 0 aromatic heterocycles. The zero-order valence-electron chi connectivity index (χ0n) is 16.0. The highest BCUT2D eigenvalue weighted by Gasteiger charge is 2.13. The fourth-order valence-corrected chi connectivity index (χ4v) is 2.84. The van der Waals surface area contributed by atoms with Crippen molar-refractivity contribution in [2.45, 2.75) is 13.0 Å². The first-order valence-corrected chi connectivity index (χ1v) is 8.37. The summed E-state index contributed by atoms with van der Waals surface area (Å²) < 4.78 is 26.9. The summed E-state index contributed by atoms with van der Waals surface area (Å²) in [6.07, 6.45) is 0.824. The van der Waals surface area contributed by atoms with Crippen LogP contribution in [-0.4, -0.2) is 42.1 Å². The van der Waals surface area contributed by atoms with Gasteiger partial charge in [-0.1, -0.05) is 12.1 Å². The Morgan fingerprint density at radius 2 is 1.35 bits per heavy atom. The Bertz CT molecular complexity index is 692. The van der Waals surface area contributed by atoms with Gasteiger partial charge < -0.3 is 29.0 Å². The van der Waals surface area contributed by atoms with Crippen molar-refractivity contribution in [3.63, 3.8) is 0 Å². The van der Waals surface area contributed by atoms with Gasteiger partial charge in [0.15, 0.2) is 23.0 Å². The molecule has 0 heterocycles. The Morgan fingerprint density at radius 1 is 0.731 bits per heavy atom. The molecular formula is C20H27NO5. The van der Waals surface area contributed by atoms with Gasteiger partial charge in [-0.3, -0.25) is 0 Å². The first-order chi connectivity index (χ1) is 12.7. The van der Waals surface area contributed by atoms with E-state index in [1.165, 1.54) is 0 Å². The molecule has 0 spiro atoms. The topological polar surface area (TPSA) is 58.2 Å². The maximum atomic E-state index is 5.47. The van der Waals surface area contributed by atoms with E-state index >= 15 is 0 Å². The molecule has 0 radical (unpaired) electrons. The Balaban J connectivity index is 2.00. The number of rotatable bonds is 10. The molecule has 2 rings (SSSR count). The first-order valence-electron chi connectivity index (χ1n) is 8.37. The lowest BCUT2D eigenvalue weighted by atomic mass is 10.1. The highest BCUT2D eigenvalue weighted by molar-refractivity contribution is 5.53. The Labute approximate surface area is 155 Å². The third kappa shape index (κ3) is 4.52. The number of hydrogen-bond acceptors (Lipinski definition) is 6. The summed E-state index contributed by atoms with van der Waals surface area (Å²) in [6.45, 7) is 1.48. The van der Waals surface area contributed by atoms with Gasteiger partial charge in [-0.15, -0.1) is 0 Å². The van der Waals surface area contributed by atoms with E-state index in [1.807, 2.05) is 30.3 Å². The van der Waals surface area contributed by atoms with Crippen LogP contribution in [0.5, 0.6) is 28.7 Å². The fourth-order valence-electron chi connectivity index (χ4n) is 2.84. The SMILES string of the molecule is COc1cccc(CCNCc2cc(OC)c(OC)c(OC)c2)c1OC. The van der Waals surface area contributed by atoms with Crippen molar-refractivity contribution in [3.05, 3.63) is 41.5 Å². The number of methoxy groups -OCH3 is 5. The van der Waals surface area contributed by atoms with E-state index < -0.39 is 0 Å². The second kappa shape index (κ2) is 9.77. The van der Waals surface area contributed by atoms with Crippen molar-refractivity contribution in [1.29, 1.82) is 0 Å². The lowest BCUT2D eigenvalue weighted by molar-refractivity contribution is 0.323. The second-order valence-corrected chi connectivity index (χ2v) is 5.61. The van der Waals surface area contributed by atoms with E-state index in [0.717, 1.165) is 35.6 Å². The average molecular weight is 361 g/mol. The Kier molecular flexibility index (Phi) is 7.41. The van der Waals surface area contributed by atoms with E-state index in [9.17, 15) is 0 Å². The zero-order valence-corrected chi connectivity index (χ0v) is 16.0. The monoisotopic (exact) mass is 361 g/mol. The van der Waals surface area contributed by atoms with Crippen molar-refractivity contribution in [3.8, 4) is 28.7 Å². The predicted octanol–water partition coefficient (Wildman–Crippen LogP) is 3.06. The van der Waals surface area contributed by atoms with Crippen LogP contribution in [0.15, 0.2) is 30.3 Å². The van der Waals surface area contributed by atoms with Gasteiger partial charge >= 0.3 is 0 Å². The number of benzene rings is 2. The fraction of sp³-hybridized carbons (Fsp3) is 0.400. The molecule has 1 N–H and O–H groups in total. The second-order valence-electron chi connectivity index (χ2n) is 5.61. The van der Waals surface area contributed by atoms with Gasteiger partial charge in [0.2, 0.25) is 5.75 Å². The van der Waals surface area contributed by atoms with E-state index in [0.29, 0.717) is 23.8 Å². The van der Waals surface area contributed by atoms with Crippen LogP contribution in [-0.2, 0) is 13.0 Å². The third-order valence-electron chi connectivity index (χ3n) is 4.11. The highest BCUT2D eigenvalue weighted by Crippen LogP contribution is 2.38. The van der Waals surface area contributed by atoms with Crippen LogP contribution in [0, 0.1) is 0 Å². The van der Waals surface area contributed by atoms with Crippen molar-refractivity contribution in [2.24, 2.45) is 0 Å². The smallest absolute Gasteiger partial charge is 0.203 e. The summed E-state index contributed by atoms with van der Waals surface area (Å²) in [5, 5.41) is 3.43. The molecule has 0 aliphatic rings. The van der Waals surface area contributed by atoms with Crippen LogP contribution < -0.4 is 29.0 Å². The Hall–Kier alpha value is -2.60. The van der Waals surface area contributed by atoms with Crippen LogP contribution in [0.25, 0.3) is 0 Å². The van der Waals surface area contributed by atoms with Crippen molar-refractivity contribution in [2.75, 3.05) is 42.1 Å². The molecule has 0 aliphatic carbocycles. The zero-order chi connectivity index (χ0) is 18.9. The minimum Gasteiger partial charge on any atom is -0.493 e. The summed E-state index contributed by atoms with van der Waals surface area (Å²) in [7, 11) is 8.13. The molecule has 142 valence electrons. The Morgan fingerprint density at radius 3 is 1.88 bits per heavy atom. The van der Waals surface area contributed by atoms with Crippen LogP contribution in [0.2, 0.25) is 0 Å². The van der Waals surface area contributed by atoms with Crippen LogP contribution in [0.1, 0.15) is 11.1 Å². The highest BCUT2D eigenvalue weighted by atomic mass is 16.5. The third-order valence-corrected chi connectivity index (χ3v) is 4.11. The van der Waals surface area contributed by atoms with E-state index in [4.69, 9.17) is 23.7 Å². The number of para-hydroxylation sites is 1. The van der Waals surface area contributed by atoms with Crippen molar-refractivity contribution in [1.82, 2.24) is 5.32 Å². The largest absolute Gasteiger partial charge is 0.493 e. The molecule has 2 aromatic carbocycles. The van der Waals surface area contributed by atoms with Gasteiger partial charge in [0, 0.05) is 6.54 Å². The minimum atomic E-state index is 0.597. The summed E-state index contributed by atoms with van der Waals surface area (Å²) in [5.41, 5.74) is 2.15. The average Bonchev–Trinajstić information content (AvgIpc) is 2.69. The predicted molar refractivity (Wildman–Crippen MR) is 101 cm³/mol. The molecule has 26 heavy (non-hydrogen) atoms. The molecule has 0 amide bonds. The molecule has 6 nitrogen and oxygen atoms in total. The van der Waals surface area contributed by atoms with Crippen LogP contribution >= 0.6 is 0 Å². The van der Waals surface area contributed by atoms with Gasteiger partial charge in [0.05, 0.1) is 35.5 Å². The van der Waals surface area contributed by atoms with Crippen molar-refractivity contribution >= 4 is 0 Å². The lowest BCUT2D eigenvalue weighted by Gasteiger charge is -2.15. The molecule has 0 saturated carbocycles. The normalized spacial score (nSPS) is 10.3. The first kappa shape index (κ1) is 19.7. The van der Waals surface area contributed by atoms with Gasteiger partial charge in [-0.05, 0) is 42.3 Å². The molecule has 2 aromatic rings. The lowest BCUT2D eigenvalue weighted by Crippen LogP contribution is -2.17. The van der Waals surface area contributed by atoms with E-state index in [1.54, 1.807) is 35.5 Å². The molecule has 6 heteroatoms. The number of nitrogens with one attached hydrogen (secondary N) is 1. The standard InChI is InChI=1S/C20H27NO5/c1-22-16-8-6-7-15(19(16)25-4)9-10-21-13-14-11-17(23-2)20(26-5)18(12-14)24-3/h6-8,11-12,21H,9-10,13H2,1-5H3. The van der Waals surface area contributed by atoms with Crippen molar-refractivity contribution < 1.29 is 23.7 Å². The maximum absolute atomic E-state index is 5.47. The van der Waals surface area contributed by atoms with Crippen LogP contribution in [0.3, 0.4) is 0 Å². The maximum Gasteiger partial charge on any atom is 0.203 e. The molecule has 0 unspecified atom stereocenters. The molecular weight excluding hydrogens is 334 g/mol. The molecule has 0 fully saturated rings. The molecule has 0 saturated heterocycles. The van der Waals surface area contributed by atoms with E-state index in [2.05, 4.69) is 5.32 Å². The summed E-state index contributed by atoms with van der Waals surface area (Å²) >= 11 is 0. The summed E-state index contributed by atoms with van der Waals surface area (Å²) in [6, 6.07) is 9.80. The number of hydrogen-bond donors (Lipinski definition) is 1. The van der Waals surface area contributed by atoms with Gasteiger partial charge in [0.25, 0.3) is 0 Å². The molecule has 0 atom stereocenters. The number of ether oxygens (including phenoxy) is 5. The quantitative estimate of drug-likeness (QED) is 0.657. The summed E-state index contributed by atoms with van der Waals surface area (Å²) in [4.78, 5) is 0. The van der Waals surface area contributed by atoms with Gasteiger partial charge in [-0.2, -0.15) is 0 Å². The van der Waals surface area contributed by atoms with Crippen LogP contribution in [0.4, 0.5) is 0 Å². The molecule has 0 bridgehead atoms. The van der Waals surface area contributed by atoms with Gasteiger partial charge in [-0.25, -0.2) is 0 Å².